The van der Waals surface area contributed by atoms with Gasteiger partial charge in [0.05, 0.1) is 0 Å². The summed E-state index contributed by atoms with van der Waals surface area (Å²) in [5.41, 5.74) is 0.625. The highest BCUT2D eigenvalue weighted by atomic mass is 19.1. The van der Waals surface area contributed by atoms with Crippen LogP contribution in [-0.4, -0.2) is 39.0 Å². The largest absolute Gasteiger partial charge is 0.339 e. The number of benzene rings is 1. The minimum absolute atomic E-state index is 0.0166. The Kier molecular flexibility index (Phi) is 4.62. The third-order valence-electron chi connectivity index (χ3n) is 4.58. The molecule has 1 amide bonds. The zero-order valence-electron chi connectivity index (χ0n) is 14.3. The van der Waals surface area contributed by atoms with Crippen molar-refractivity contribution in [2.75, 3.05) is 13.1 Å². The molecule has 1 saturated heterocycles. The van der Waals surface area contributed by atoms with Crippen LogP contribution in [0.2, 0.25) is 0 Å². The minimum Gasteiger partial charge on any atom is -0.339 e. The summed E-state index contributed by atoms with van der Waals surface area (Å²) in [5.74, 6) is -0.906. The van der Waals surface area contributed by atoms with Crippen LogP contribution in [0.25, 0.3) is 11.6 Å². The van der Waals surface area contributed by atoms with E-state index in [9.17, 15) is 13.6 Å². The summed E-state index contributed by atoms with van der Waals surface area (Å²) in [6.45, 7) is 0.907. The second-order valence-electron chi connectivity index (χ2n) is 6.40. The molecular formula is C19H16F2N4O2. The van der Waals surface area contributed by atoms with Gasteiger partial charge in [0.25, 0.3) is 11.8 Å². The normalized spacial score (nSPS) is 15.1. The Morgan fingerprint density at radius 1 is 1.11 bits per heavy atom. The fourth-order valence-corrected chi connectivity index (χ4v) is 3.19. The van der Waals surface area contributed by atoms with Crippen LogP contribution in [0, 0.1) is 11.6 Å². The number of aromatic nitrogens is 3. The molecule has 0 spiro atoms. The maximum Gasteiger partial charge on any atom is 0.276 e. The molecule has 3 aromatic rings. The number of rotatable bonds is 3. The Hall–Kier alpha value is -3.16. The van der Waals surface area contributed by atoms with Crippen molar-refractivity contribution in [1.29, 1.82) is 0 Å². The monoisotopic (exact) mass is 370 g/mol. The third-order valence-corrected chi connectivity index (χ3v) is 4.58. The van der Waals surface area contributed by atoms with Gasteiger partial charge < -0.3 is 9.42 Å². The second-order valence-corrected chi connectivity index (χ2v) is 6.40. The molecule has 0 N–H and O–H groups in total. The van der Waals surface area contributed by atoms with Crippen LogP contribution >= 0.6 is 0 Å². The summed E-state index contributed by atoms with van der Waals surface area (Å²) >= 11 is 0. The number of likely N-dealkylation sites (tertiary alicyclic amines) is 1. The van der Waals surface area contributed by atoms with Crippen LogP contribution in [-0.2, 0) is 0 Å². The summed E-state index contributed by atoms with van der Waals surface area (Å²) < 4.78 is 32.0. The zero-order valence-corrected chi connectivity index (χ0v) is 14.3. The quantitative estimate of drug-likeness (QED) is 0.706. The van der Waals surface area contributed by atoms with E-state index in [0.717, 1.165) is 18.2 Å². The molecule has 0 atom stereocenters. The van der Waals surface area contributed by atoms with Crippen molar-refractivity contribution in [3.8, 4) is 11.6 Å². The van der Waals surface area contributed by atoms with Crippen molar-refractivity contribution in [2.24, 2.45) is 0 Å². The van der Waals surface area contributed by atoms with Gasteiger partial charge in [-0.2, -0.15) is 4.98 Å². The van der Waals surface area contributed by atoms with E-state index in [-0.39, 0.29) is 17.4 Å². The van der Waals surface area contributed by atoms with Gasteiger partial charge in [0.1, 0.15) is 17.3 Å². The zero-order chi connectivity index (χ0) is 18.8. The van der Waals surface area contributed by atoms with E-state index >= 15 is 0 Å². The van der Waals surface area contributed by atoms with Crippen LogP contribution in [0.5, 0.6) is 0 Å². The predicted molar refractivity (Wildman–Crippen MR) is 91.8 cm³/mol. The van der Waals surface area contributed by atoms with Crippen molar-refractivity contribution in [2.45, 2.75) is 18.8 Å². The van der Waals surface area contributed by atoms with E-state index in [0.29, 0.717) is 43.3 Å². The first-order chi connectivity index (χ1) is 13.1. The molecule has 1 aliphatic rings. The van der Waals surface area contributed by atoms with Gasteiger partial charge >= 0.3 is 0 Å². The Morgan fingerprint density at radius 2 is 1.85 bits per heavy atom. The number of hydrogen-bond donors (Lipinski definition) is 0. The van der Waals surface area contributed by atoms with Gasteiger partial charge in [-0.05, 0) is 37.1 Å². The number of amides is 1. The van der Waals surface area contributed by atoms with Crippen LogP contribution in [0.4, 0.5) is 8.78 Å². The summed E-state index contributed by atoms with van der Waals surface area (Å²) in [5, 5.41) is 4.04. The molecule has 1 fully saturated rings. The lowest BCUT2D eigenvalue weighted by molar-refractivity contribution is 0.0709. The number of nitrogens with zero attached hydrogens (tertiary/aromatic N) is 4. The summed E-state index contributed by atoms with van der Waals surface area (Å²) in [6, 6.07) is 8.28. The van der Waals surface area contributed by atoms with Crippen LogP contribution < -0.4 is 0 Å². The Morgan fingerprint density at radius 3 is 2.52 bits per heavy atom. The third kappa shape index (κ3) is 3.69. The molecular weight excluding hydrogens is 354 g/mol. The van der Waals surface area contributed by atoms with Gasteiger partial charge in [-0.15, -0.1) is 0 Å². The molecule has 2 aromatic heterocycles. The maximum atomic E-state index is 13.3. The number of carbonyl (C=O) groups is 1. The molecule has 3 heterocycles. The number of halogens is 2. The standard InChI is InChI=1S/C19H16F2N4O2/c20-14-9-13(10-15(21)11-14)19(26)25-7-4-12(5-8-25)17-23-18(27-24-17)16-3-1-2-6-22-16/h1-3,6,9-12H,4-5,7-8H2. The van der Waals surface area contributed by atoms with E-state index in [1.54, 1.807) is 23.2 Å². The van der Waals surface area contributed by atoms with E-state index in [2.05, 4.69) is 15.1 Å². The molecule has 0 radical (unpaired) electrons. The van der Waals surface area contributed by atoms with E-state index in [1.165, 1.54) is 0 Å². The number of piperidine rings is 1. The first-order valence-corrected chi connectivity index (χ1v) is 8.60. The van der Waals surface area contributed by atoms with Crippen molar-refractivity contribution >= 4 is 5.91 Å². The van der Waals surface area contributed by atoms with Crippen LogP contribution in [0.1, 0.15) is 34.9 Å². The SMILES string of the molecule is O=C(c1cc(F)cc(F)c1)N1CCC(c2noc(-c3ccccn3)n2)CC1. The fourth-order valence-electron chi connectivity index (χ4n) is 3.19. The summed E-state index contributed by atoms with van der Waals surface area (Å²) in [6.07, 6.45) is 2.94. The van der Waals surface area contributed by atoms with Gasteiger partial charge in [-0.25, -0.2) is 8.78 Å². The fraction of sp³-hybridized carbons (Fsp3) is 0.263. The van der Waals surface area contributed by atoms with Gasteiger partial charge in [-0.3, -0.25) is 9.78 Å². The molecule has 0 unspecified atom stereocenters. The average Bonchev–Trinajstić information content (AvgIpc) is 3.18. The molecule has 0 bridgehead atoms. The molecule has 8 heteroatoms. The number of pyridine rings is 1. The predicted octanol–water partition coefficient (Wildman–Crippen LogP) is 3.43. The first-order valence-electron chi connectivity index (χ1n) is 8.60. The van der Waals surface area contributed by atoms with Crippen molar-refractivity contribution in [1.82, 2.24) is 20.0 Å². The minimum atomic E-state index is -0.762. The Labute approximate surface area is 153 Å². The lowest BCUT2D eigenvalue weighted by Gasteiger charge is -2.30. The Bertz CT molecular complexity index is 933. The van der Waals surface area contributed by atoms with Crippen LogP contribution in [0.3, 0.4) is 0 Å². The summed E-state index contributed by atoms with van der Waals surface area (Å²) in [7, 11) is 0. The lowest BCUT2D eigenvalue weighted by Crippen LogP contribution is -2.38. The molecule has 4 rings (SSSR count). The molecule has 138 valence electrons. The van der Waals surface area contributed by atoms with Gasteiger partial charge in [0, 0.05) is 36.8 Å². The first kappa shape index (κ1) is 17.3. The lowest BCUT2D eigenvalue weighted by atomic mass is 9.95. The van der Waals surface area contributed by atoms with Crippen molar-refractivity contribution in [3.63, 3.8) is 0 Å². The van der Waals surface area contributed by atoms with E-state index in [1.807, 2.05) is 6.07 Å². The van der Waals surface area contributed by atoms with Gasteiger partial charge in [-0.1, -0.05) is 11.2 Å². The van der Waals surface area contributed by atoms with Crippen LogP contribution in [0.15, 0.2) is 47.1 Å². The van der Waals surface area contributed by atoms with Gasteiger partial charge in [0.15, 0.2) is 5.82 Å². The van der Waals surface area contributed by atoms with Crippen molar-refractivity contribution in [3.05, 3.63) is 65.6 Å². The maximum absolute atomic E-state index is 13.3. The highest BCUT2D eigenvalue weighted by Crippen LogP contribution is 2.28. The molecule has 0 saturated carbocycles. The molecule has 6 nitrogen and oxygen atoms in total. The smallest absolute Gasteiger partial charge is 0.276 e. The van der Waals surface area contributed by atoms with Gasteiger partial charge in [0.2, 0.25) is 0 Å². The highest BCUT2D eigenvalue weighted by Gasteiger charge is 2.28. The topological polar surface area (TPSA) is 72.1 Å². The average molecular weight is 370 g/mol. The van der Waals surface area contributed by atoms with E-state index in [4.69, 9.17) is 4.52 Å². The number of hydrogen-bond acceptors (Lipinski definition) is 5. The molecule has 27 heavy (non-hydrogen) atoms. The molecule has 1 aliphatic heterocycles. The Balaban J connectivity index is 1.42. The molecule has 1 aromatic carbocycles. The number of carbonyl (C=O) groups excluding carboxylic acids is 1. The highest BCUT2D eigenvalue weighted by molar-refractivity contribution is 5.94. The second kappa shape index (κ2) is 7.22. The molecule has 0 aliphatic carbocycles. The van der Waals surface area contributed by atoms with Crippen molar-refractivity contribution < 1.29 is 18.1 Å². The summed E-state index contributed by atoms with van der Waals surface area (Å²) in [4.78, 5) is 22.7. The van der Waals surface area contributed by atoms with E-state index < -0.39 is 11.6 Å².